The van der Waals surface area contributed by atoms with E-state index >= 15 is 0 Å². The highest BCUT2D eigenvalue weighted by molar-refractivity contribution is 7.87. The molecular weight excluding hydrogens is 1270 g/mol. The molecule has 0 radical (unpaired) electrons. The van der Waals surface area contributed by atoms with Crippen LogP contribution in [0.1, 0.15) is 145 Å². The van der Waals surface area contributed by atoms with E-state index in [-0.39, 0.29) is 75.8 Å². The number of aromatic amines is 2. The number of ether oxygens (including phenoxy) is 4. The summed E-state index contributed by atoms with van der Waals surface area (Å²) in [5.41, 5.74) is -9.81. The van der Waals surface area contributed by atoms with Crippen molar-refractivity contribution in [2.24, 2.45) is 11.8 Å². The number of imidazole rings is 2. The fourth-order valence-corrected chi connectivity index (χ4v) is 15.7. The van der Waals surface area contributed by atoms with Gasteiger partial charge in [-0.05, 0) is 85.9 Å². The molecule has 0 bridgehead atoms. The quantitative estimate of drug-likeness (QED) is 0.0240. The minimum absolute atomic E-state index is 0.00370. The van der Waals surface area contributed by atoms with Gasteiger partial charge in [0, 0.05) is 11.8 Å². The monoisotopic (exact) mass is 1350 g/mol. The van der Waals surface area contributed by atoms with E-state index in [0.29, 0.717) is 24.8 Å². The zero-order chi connectivity index (χ0) is 68.5. The topological polar surface area (TPSA) is 304 Å². The molecule has 4 aromatic heterocycles. The van der Waals surface area contributed by atoms with Crippen LogP contribution in [-0.4, -0.2) is 133 Å². The predicted molar refractivity (Wildman–Crippen MR) is 346 cm³/mol. The number of benzene rings is 2. The SMILES string of the molecule is CC[C@@]1(C2(O[Si](C)(C)C(C)(C)C)CC2)O[C@@H](n2cnc3c(=O)[nH]c(NC(=O)C(C)C)nc32)C(O)C1OCc1ccccc1.CC[C@@]1(C2(O[Si](C)(C)C(C)(C)C)CC2)O[C@@H](n2cnc3c(=O)[nH]c(NC(=O)C(C)C)nc32)C(OS(=O)(=O)C(F)(F)F)C1OCc1ccccc1. The number of rotatable bonds is 22. The van der Waals surface area contributed by atoms with Crippen molar-refractivity contribution in [3.8, 4) is 0 Å². The number of hydrogen-bond acceptors (Lipinski definition) is 18. The molecule has 2 aliphatic carbocycles. The first-order valence-electron chi connectivity index (χ1n) is 31.5. The summed E-state index contributed by atoms with van der Waals surface area (Å²) in [7, 11) is -11.1. The Morgan fingerprint density at radius 2 is 1.04 bits per heavy atom. The summed E-state index contributed by atoms with van der Waals surface area (Å²) in [5, 5.41) is 16.9. The Bertz CT molecular complexity index is 3920. The van der Waals surface area contributed by atoms with Crippen LogP contribution in [-0.2, 0) is 64.9 Å². The number of carbonyl (C=O) groups is 2. The summed E-state index contributed by atoms with van der Waals surface area (Å²) in [6.45, 7) is 32.0. The van der Waals surface area contributed by atoms with Crippen LogP contribution in [0, 0.1) is 11.8 Å². The second-order valence-corrected chi connectivity index (χ2v) is 39.4. The number of aliphatic hydroxyl groups is 1. The van der Waals surface area contributed by atoms with Gasteiger partial charge < -0.3 is 32.9 Å². The van der Waals surface area contributed by atoms with Crippen LogP contribution in [0.2, 0.25) is 36.3 Å². The number of nitrogens with zero attached hydrogens (tertiary/aromatic N) is 6. The lowest BCUT2D eigenvalue weighted by Crippen LogP contribution is -2.60. The molecule has 510 valence electrons. The molecule has 4 unspecified atom stereocenters. The van der Waals surface area contributed by atoms with Crippen LogP contribution in [0.25, 0.3) is 22.3 Å². The molecule has 6 heterocycles. The minimum Gasteiger partial charge on any atom is -0.408 e. The number of anilines is 2. The van der Waals surface area contributed by atoms with Crippen molar-refractivity contribution in [2.45, 2.75) is 236 Å². The number of aromatic nitrogens is 8. The van der Waals surface area contributed by atoms with E-state index in [2.05, 4.69) is 74.4 Å². The van der Waals surface area contributed by atoms with Gasteiger partial charge in [-0.25, -0.2) is 9.97 Å². The Kier molecular flexibility index (Phi) is 19.8. The summed E-state index contributed by atoms with van der Waals surface area (Å²) in [4.78, 5) is 73.1. The lowest BCUT2D eigenvalue weighted by molar-refractivity contribution is -0.184. The second-order valence-electron chi connectivity index (χ2n) is 28.4. The molecule has 6 aromatic rings. The molecule has 24 nitrogen and oxygen atoms in total. The molecular formula is C63H89F3N10O14SSi2. The van der Waals surface area contributed by atoms with E-state index in [1.807, 2.05) is 71.1 Å². The highest BCUT2D eigenvalue weighted by Gasteiger charge is 2.75. The lowest BCUT2D eigenvalue weighted by atomic mass is 9.84. The van der Waals surface area contributed by atoms with Gasteiger partial charge in [0.05, 0.1) is 37.1 Å². The molecule has 30 heteroatoms. The summed E-state index contributed by atoms with van der Waals surface area (Å²) in [6, 6.07) is 18.7. The van der Waals surface area contributed by atoms with Gasteiger partial charge in [0.15, 0.2) is 57.5 Å². The van der Waals surface area contributed by atoms with Crippen molar-refractivity contribution >= 4 is 72.8 Å². The van der Waals surface area contributed by atoms with Gasteiger partial charge in [-0.1, -0.05) is 144 Å². The normalized spacial score (nSPS) is 24.8. The number of carbonyl (C=O) groups excluding carboxylic acids is 2. The third-order valence-electron chi connectivity index (χ3n) is 19.3. The van der Waals surface area contributed by atoms with E-state index in [4.69, 9.17) is 32.0 Å². The van der Waals surface area contributed by atoms with Gasteiger partial charge in [0.1, 0.15) is 29.5 Å². The number of halogens is 3. The first kappa shape index (κ1) is 71.2. The van der Waals surface area contributed by atoms with E-state index < -0.39 is 114 Å². The molecule has 2 saturated carbocycles. The summed E-state index contributed by atoms with van der Waals surface area (Å²) >= 11 is 0. The second kappa shape index (κ2) is 25.8. The maximum absolute atomic E-state index is 14.0. The molecule has 5 N–H and O–H groups in total. The molecule has 4 aliphatic rings. The number of fused-ring (bicyclic) bond motifs is 2. The maximum atomic E-state index is 14.0. The lowest BCUT2D eigenvalue weighted by Gasteiger charge is -2.47. The first-order chi connectivity index (χ1) is 43.2. The number of amides is 2. The van der Waals surface area contributed by atoms with E-state index in [1.165, 1.54) is 6.33 Å². The van der Waals surface area contributed by atoms with Crippen LogP contribution in [0.3, 0.4) is 0 Å². The Morgan fingerprint density at radius 3 is 1.41 bits per heavy atom. The maximum Gasteiger partial charge on any atom is 0.523 e. The first-order valence-corrected chi connectivity index (χ1v) is 38.8. The zero-order valence-corrected chi connectivity index (χ0v) is 58.5. The fourth-order valence-electron chi connectivity index (χ4n) is 11.8. The molecule has 0 spiro atoms. The number of hydrogen-bond donors (Lipinski definition) is 5. The van der Waals surface area contributed by atoms with Gasteiger partial charge >= 0.3 is 15.6 Å². The summed E-state index contributed by atoms with van der Waals surface area (Å²) < 4.78 is 116. The average molecular weight is 1360 g/mol. The van der Waals surface area contributed by atoms with Gasteiger partial charge in [0.25, 0.3) is 11.1 Å². The Hall–Kier alpha value is -6.07. The van der Waals surface area contributed by atoms with E-state index in [9.17, 15) is 45.9 Å². The largest absolute Gasteiger partial charge is 0.523 e. The molecule has 2 saturated heterocycles. The molecule has 4 fully saturated rings. The van der Waals surface area contributed by atoms with E-state index in [1.54, 1.807) is 69.5 Å². The molecule has 93 heavy (non-hydrogen) atoms. The van der Waals surface area contributed by atoms with Gasteiger partial charge in [-0.15, -0.1) is 0 Å². The van der Waals surface area contributed by atoms with Crippen molar-refractivity contribution in [2.75, 3.05) is 10.6 Å². The fraction of sp³-hybridized carbons (Fsp3) is 0.619. The van der Waals surface area contributed by atoms with Crippen LogP contribution in [0.5, 0.6) is 0 Å². The van der Waals surface area contributed by atoms with Crippen LogP contribution in [0.4, 0.5) is 25.1 Å². The van der Waals surface area contributed by atoms with Gasteiger partial charge in [-0.2, -0.15) is 31.6 Å². The Balaban J connectivity index is 0.000000222. The smallest absolute Gasteiger partial charge is 0.408 e. The number of H-pyrrole nitrogens is 2. The molecule has 2 aliphatic heterocycles. The van der Waals surface area contributed by atoms with Crippen molar-refractivity contribution < 1.29 is 68.3 Å². The Labute approximate surface area is 541 Å². The molecule has 8 atom stereocenters. The summed E-state index contributed by atoms with van der Waals surface area (Å²) in [6.07, 6.45) is -2.21. The molecule has 2 aromatic carbocycles. The highest BCUT2D eigenvalue weighted by Crippen LogP contribution is 2.64. The van der Waals surface area contributed by atoms with Crippen LogP contribution >= 0.6 is 0 Å². The third kappa shape index (κ3) is 13.7. The van der Waals surface area contributed by atoms with Crippen molar-refractivity contribution in [3.63, 3.8) is 0 Å². The summed E-state index contributed by atoms with van der Waals surface area (Å²) in [5.74, 6) is -1.79. The molecule has 2 amide bonds. The third-order valence-corrected chi connectivity index (χ3v) is 29.4. The van der Waals surface area contributed by atoms with Crippen LogP contribution < -0.4 is 21.8 Å². The Morgan fingerprint density at radius 1 is 0.667 bits per heavy atom. The minimum atomic E-state index is -6.23. The number of aliphatic hydroxyl groups excluding tert-OH is 1. The van der Waals surface area contributed by atoms with Crippen molar-refractivity contribution in [1.29, 1.82) is 0 Å². The average Bonchev–Trinajstić information content (AvgIpc) is 1.54. The number of alkyl halides is 3. The number of nitrogens with one attached hydrogen (secondary N) is 4. The van der Waals surface area contributed by atoms with Gasteiger partial charge in [0.2, 0.25) is 23.7 Å². The van der Waals surface area contributed by atoms with Crippen LogP contribution in [0.15, 0.2) is 82.9 Å². The van der Waals surface area contributed by atoms with Crippen molar-refractivity contribution in [1.82, 2.24) is 39.0 Å². The predicted octanol–water partition coefficient (Wildman–Crippen LogP) is 10.7. The zero-order valence-electron chi connectivity index (χ0n) is 55.7. The van der Waals surface area contributed by atoms with Crippen molar-refractivity contribution in [3.05, 3.63) is 105 Å². The standard InChI is InChI=1S/C32H44F3N5O8SSi.C31H45N5O6Si/c1-9-31(30(15-16-30)48-50(7,8)29(4,5)6)23(45-17-20-13-11-10-12-14-20)22(47-49(43,44)32(33,34)35)27(46-31)40-18-36-21-24(40)37-28(39-26(21)42)38-25(41)19(2)3;1-9-31(30(15-16-30)42-43(7,8)29(4,5)6)23(40-17-20-13-11-10-12-14-20)22(37)27(41-31)36-18-32-21-24(36)33-28(35-26(21)39)34-25(38)19(2)3/h10-14,18-19,22-23,27H,9,15-17H2,1-8H3,(H2,37,38,39,41,42);10-14,18-19,22-23,27,37H,9,15-17H2,1-8H3,(H2,33,34,35,38,39)/t2*22?,23?,27-,31-/m11/s1. The highest BCUT2D eigenvalue weighted by atomic mass is 32.2. The molecule has 10 rings (SSSR count). The van der Waals surface area contributed by atoms with E-state index in [0.717, 1.165) is 29.3 Å². The van der Waals surface area contributed by atoms with Gasteiger partial charge in [-0.3, -0.25) is 53.1 Å².